The molecular weight excluding hydrogens is 303 g/mol. The van der Waals surface area contributed by atoms with E-state index in [0.29, 0.717) is 15.8 Å². The van der Waals surface area contributed by atoms with E-state index in [9.17, 15) is 0 Å². The fraction of sp³-hybridized carbons (Fsp3) is 0.833. The molecule has 15 heavy (non-hydrogen) atoms. The van der Waals surface area contributed by atoms with E-state index in [1.807, 2.05) is 0 Å². The van der Waals surface area contributed by atoms with Gasteiger partial charge >= 0.3 is 0 Å². The van der Waals surface area contributed by atoms with E-state index in [4.69, 9.17) is 9.47 Å². The fourth-order valence-corrected chi connectivity index (χ4v) is 3.69. The minimum atomic E-state index is -0.0689. The highest BCUT2D eigenvalue weighted by molar-refractivity contribution is 14.1. The summed E-state index contributed by atoms with van der Waals surface area (Å²) in [7, 11) is 0. The molecule has 0 aromatic heterocycles. The molecule has 2 fully saturated rings. The first kappa shape index (κ1) is 11.6. The highest BCUT2D eigenvalue weighted by atomic mass is 127. The van der Waals surface area contributed by atoms with Gasteiger partial charge in [-0.25, -0.2) is 0 Å². The number of hydrogen-bond donors (Lipinski definition) is 0. The van der Waals surface area contributed by atoms with Gasteiger partial charge in [0.25, 0.3) is 5.95 Å². The molecule has 0 amide bonds. The molecule has 2 rings (SSSR count). The summed E-state index contributed by atoms with van der Waals surface area (Å²) in [5.74, 6) is 0.961. The highest BCUT2D eigenvalue weighted by Gasteiger charge is 2.54. The normalized spacial score (nSPS) is 43.9. The monoisotopic (exact) mass is 322 g/mol. The lowest BCUT2D eigenvalue weighted by Gasteiger charge is -2.54. The number of halogens is 1. The van der Waals surface area contributed by atoms with Crippen LogP contribution in [0.3, 0.4) is 0 Å². The SMILES string of the molecule is C=C1OC[C@H]2C(C)(C)[C@@H](I)CC[C@]2(C)O1. The molecule has 0 bridgehead atoms. The lowest BCUT2D eigenvalue weighted by atomic mass is 9.62. The average molecular weight is 322 g/mol. The molecule has 86 valence electrons. The number of alkyl halides is 1. The molecule has 1 saturated carbocycles. The van der Waals surface area contributed by atoms with Crippen molar-refractivity contribution in [2.75, 3.05) is 6.61 Å². The van der Waals surface area contributed by atoms with Crippen LogP contribution in [0.1, 0.15) is 33.6 Å². The third kappa shape index (κ3) is 1.77. The summed E-state index contributed by atoms with van der Waals surface area (Å²) in [5.41, 5.74) is 0.203. The first-order valence-corrected chi connectivity index (χ1v) is 6.75. The second-order valence-corrected chi connectivity index (χ2v) is 6.98. The van der Waals surface area contributed by atoms with Crippen LogP contribution in [0.4, 0.5) is 0 Å². The lowest BCUT2D eigenvalue weighted by Crippen LogP contribution is -2.57. The summed E-state index contributed by atoms with van der Waals surface area (Å²) in [6.07, 6.45) is 2.32. The maximum Gasteiger partial charge on any atom is 0.272 e. The largest absolute Gasteiger partial charge is 0.465 e. The third-order valence-electron chi connectivity index (χ3n) is 4.09. The van der Waals surface area contributed by atoms with Gasteiger partial charge < -0.3 is 9.47 Å². The highest BCUT2D eigenvalue weighted by Crippen LogP contribution is 2.53. The van der Waals surface area contributed by atoms with Crippen molar-refractivity contribution < 1.29 is 9.47 Å². The lowest BCUT2D eigenvalue weighted by molar-refractivity contribution is -0.202. The Morgan fingerprint density at radius 2 is 2.07 bits per heavy atom. The molecule has 1 heterocycles. The molecule has 0 aromatic rings. The Balaban J connectivity index is 2.29. The molecule has 0 unspecified atom stereocenters. The van der Waals surface area contributed by atoms with Crippen molar-refractivity contribution in [1.82, 2.24) is 0 Å². The predicted molar refractivity (Wildman–Crippen MR) is 68.9 cm³/mol. The molecule has 1 aliphatic heterocycles. The van der Waals surface area contributed by atoms with E-state index >= 15 is 0 Å². The van der Waals surface area contributed by atoms with Crippen molar-refractivity contribution in [3.8, 4) is 0 Å². The maximum absolute atomic E-state index is 5.84. The molecule has 3 atom stereocenters. The van der Waals surface area contributed by atoms with E-state index in [1.54, 1.807) is 0 Å². The average Bonchev–Trinajstić information content (AvgIpc) is 2.11. The molecule has 1 aliphatic carbocycles. The van der Waals surface area contributed by atoms with Gasteiger partial charge in [0, 0.05) is 9.84 Å². The van der Waals surface area contributed by atoms with Gasteiger partial charge in [-0.2, -0.15) is 0 Å². The Bertz CT molecular complexity index is 287. The van der Waals surface area contributed by atoms with E-state index in [0.717, 1.165) is 13.0 Å². The minimum absolute atomic E-state index is 0.0689. The quantitative estimate of drug-likeness (QED) is 0.502. The van der Waals surface area contributed by atoms with Crippen LogP contribution in [0.2, 0.25) is 0 Å². The van der Waals surface area contributed by atoms with Gasteiger partial charge in [0.05, 0.1) is 6.61 Å². The van der Waals surface area contributed by atoms with Crippen LogP contribution in [0, 0.1) is 11.3 Å². The zero-order chi connectivity index (χ0) is 11.3. The van der Waals surface area contributed by atoms with Crippen LogP contribution >= 0.6 is 22.6 Å². The van der Waals surface area contributed by atoms with Gasteiger partial charge in [-0.3, -0.25) is 0 Å². The van der Waals surface area contributed by atoms with Crippen molar-refractivity contribution in [2.24, 2.45) is 11.3 Å². The summed E-state index contributed by atoms with van der Waals surface area (Å²) in [5, 5.41) is 0. The van der Waals surface area contributed by atoms with Crippen LogP contribution in [0.25, 0.3) is 0 Å². The Labute approximate surface area is 106 Å². The van der Waals surface area contributed by atoms with E-state index in [2.05, 4.69) is 49.9 Å². The van der Waals surface area contributed by atoms with Crippen molar-refractivity contribution in [1.29, 1.82) is 0 Å². The van der Waals surface area contributed by atoms with E-state index in [1.165, 1.54) is 6.42 Å². The van der Waals surface area contributed by atoms with Crippen LogP contribution < -0.4 is 0 Å². The summed E-state index contributed by atoms with van der Waals surface area (Å²) in [6, 6.07) is 0. The van der Waals surface area contributed by atoms with Crippen molar-refractivity contribution >= 4 is 22.6 Å². The van der Waals surface area contributed by atoms with Gasteiger partial charge in [-0.05, 0) is 31.8 Å². The van der Waals surface area contributed by atoms with Crippen molar-refractivity contribution in [3.63, 3.8) is 0 Å². The molecule has 2 nitrogen and oxygen atoms in total. The topological polar surface area (TPSA) is 18.5 Å². The van der Waals surface area contributed by atoms with Crippen molar-refractivity contribution in [3.05, 3.63) is 12.5 Å². The van der Waals surface area contributed by atoms with Gasteiger partial charge in [0.15, 0.2) is 0 Å². The molecule has 1 saturated heterocycles. The molecule has 0 aromatic carbocycles. The van der Waals surface area contributed by atoms with Crippen LogP contribution in [-0.4, -0.2) is 16.1 Å². The number of ether oxygens (including phenoxy) is 2. The first-order valence-electron chi connectivity index (χ1n) is 5.51. The summed E-state index contributed by atoms with van der Waals surface area (Å²) < 4.78 is 12.0. The van der Waals surface area contributed by atoms with Gasteiger partial charge in [0.2, 0.25) is 0 Å². The molecule has 2 aliphatic rings. The van der Waals surface area contributed by atoms with Gasteiger partial charge in [-0.1, -0.05) is 36.4 Å². The summed E-state index contributed by atoms with van der Waals surface area (Å²) in [4.78, 5) is 0. The summed E-state index contributed by atoms with van der Waals surface area (Å²) in [6.45, 7) is 11.4. The molecule has 0 radical (unpaired) electrons. The Hall–Kier alpha value is 0.0700. The second-order valence-electron chi connectivity index (χ2n) is 5.48. The minimum Gasteiger partial charge on any atom is -0.465 e. The Morgan fingerprint density at radius 1 is 1.40 bits per heavy atom. The third-order valence-corrected chi connectivity index (χ3v) is 6.32. The second kappa shape index (κ2) is 3.54. The fourth-order valence-electron chi connectivity index (χ4n) is 2.94. The standard InChI is InChI=1S/C12H19IO2/c1-8-14-7-9-11(2,3)10(13)5-6-12(9,4)15-8/h9-10H,1,5-7H2,2-4H3/t9-,10-,12-/m0/s1. The van der Waals surface area contributed by atoms with Gasteiger partial charge in [0.1, 0.15) is 5.60 Å². The zero-order valence-electron chi connectivity index (χ0n) is 9.68. The zero-order valence-corrected chi connectivity index (χ0v) is 11.8. The van der Waals surface area contributed by atoms with Crippen LogP contribution in [0.15, 0.2) is 12.5 Å². The van der Waals surface area contributed by atoms with Crippen LogP contribution in [0.5, 0.6) is 0 Å². The number of hydrogen-bond acceptors (Lipinski definition) is 2. The summed E-state index contributed by atoms with van der Waals surface area (Å²) >= 11 is 2.57. The van der Waals surface area contributed by atoms with Crippen LogP contribution in [-0.2, 0) is 9.47 Å². The maximum atomic E-state index is 5.84. The predicted octanol–water partition coefficient (Wildman–Crippen LogP) is 3.50. The molecule has 3 heteroatoms. The van der Waals surface area contributed by atoms with Gasteiger partial charge in [-0.15, -0.1) is 0 Å². The van der Waals surface area contributed by atoms with E-state index < -0.39 is 0 Å². The van der Waals surface area contributed by atoms with Crippen molar-refractivity contribution in [2.45, 2.75) is 43.1 Å². The number of fused-ring (bicyclic) bond motifs is 1. The molecule has 0 N–H and O–H groups in total. The Kier molecular flexibility index (Phi) is 2.72. The molecular formula is C12H19IO2. The Morgan fingerprint density at radius 3 is 2.73 bits per heavy atom. The number of rotatable bonds is 0. The first-order chi connectivity index (χ1) is 6.86. The smallest absolute Gasteiger partial charge is 0.272 e. The van der Waals surface area contributed by atoms with E-state index in [-0.39, 0.29) is 11.0 Å². The molecule has 0 spiro atoms.